The molecule has 1 heterocycles. The van der Waals surface area contributed by atoms with Crippen molar-refractivity contribution in [3.8, 4) is 28.5 Å². The summed E-state index contributed by atoms with van der Waals surface area (Å²) in [4.78, 5) is 0. The molecule has 1 N–H and O–H groups in total. The zero-order valence-electron chi connectivity index (χ0n) is 10.2. The highest BCUT2D eigenvalue weighted by molar-refractivity contribution is 5.80. The van der Waals surface area contributed by atoms with E-state index in [9.17, 15) is 0 Å². The van der Waals surface area contributed by atoms with Crippen molar-refractivity contribution in [3.63, 3.8) is 0 Å². The van der Waals surface area contributed by atoms with E-state index in [2.05, 4.69) is 16.3 Å². The second-order valence-corrected chi connectivity index (χ2v) is 4.22. The van der Waals surface area contributed by atoms with Crippen molar-refractivity contribution in [2.45, 2.75) is 0 Å². The molecule has 0 aliphatic heterocycles. The Hall–Kier alpha value is -2.86. The van der Waals surface area contributed by atoms with Gasteiger partial charge in [0.05, 0.1) is 23.5 Å². The van der Waals surface area contributed by atoms with Crippen LogP contribution in [0.25, 0.3) is 22.4 Å². The molecule has 3 nitrogen and oxygen atoms in total. The number of nitrogens with zero attached hydrogens (tertiary/aromatic N) is 2. The Balaban J connectivity index is 2.13. The molecule has 0 radical (unpaired) electrons. The van der Waals surface area contributed by atoms with E-state index in [4.69, 9.17) is 5.26 Å². The van der Waals surface area contributed by atoms with Crippen LogP contribution in [0.4, 0.5) is 0 Å². The fourth-order valence-electron chi connectivity index (χ4n) is 2.09. The van der Waals surface area contributed by atoms with E-state index in [0.29, 0.717) is 5.56 Å². The van der Waals surface area contributed by atoms with Gasteiger partial charge >= 0.3 is 0 Å². The number of hydrogen-bond donors (Lipinski definition) is 1. The van der Waals surface area contributed by atoms with Crippen molar-refractivity contribution in [2.75, 3.05) is 0 Å². The van der Waals surface area contributed by atoms with Gasteiger partial charge in [0.2, 0.25) is 0 Å². The minimum absolute atomic E-state index is 0.651. The van der Waals surface area contributed by atoms with E-state index >= 15 is 0 Å². The third kappa shape index (κ3) is 2.12. The summed E-state index contributed by atoms with van der Waals surface area (Å²) in [6, 6.07) is 19.7. The zero-order valence-corrected chi connectivity index (χ0v) is 10.2. The average Bonchev–Trinajstić information content (AvgIpc) is 2.98. The lowest BCUT2D eigenvalue weighted by molar-refractivity contribution is 1.10. The van der Waals surface area contributed by atoms with E-state index in [1.54, 1.807) is 12.3 Å². The summed E-state index contributed by atoms with van der Waals surface area (Å²) in [5.74, 6) is 0. The first-order valence-corrected chi connectivity index (χ1v) is 5.98. The van der Waals surface area contributed by atoms with Crippen LogP contribution in [-0.4, -0.2) is 10.2 Å². The highest BCUT2D eigenvalue weighted by atomic mass is 15.1. The Bertz CT molecular complexity index is 736. The number of hydrogen-bond acceptors (Lipinski definition) is 2. The fraction of sp³-hybridized carbons (Fsp3) is 0. The van der Waals surface area contributed by atoms with Crippen LogP contribution >= 0.6 is 0 Å². The molecule has 0 bridgehead atoms. The molecule has 0 saturated carbocycles. The molecule has 0 atom stereocenters. The highest BCUT2D eigenvalue weighted by Crippen LogP contribution is 2.30. The first-order valence-electron chi connectivity index (χ1n) is 5.98. The lowest BCUT2D eigenvalue weighted by Gasteiger charge is -2.03. The quantitative estimate of drug-likeness (QED) is 0.749. The zero-order chi connectivity index (χ0) is 13.1. The van der Waals surface area contributed by atoms with Gasteiger partial charge in [-0.15, -0.1) is 0 Å². The number of aromatic amines is 1. The van der Waals surface area contributed by atoms with Crippen molar-refractivity contribution in [1.82, 2.24) is 10.2 Å². The standard InChI is InChI=1S/C16H11N3/c17-10-12-5-4-8-14(9-12)15-11-18-19-16(15)13-6-2-1-3-7-13/h1-9,11H,(H,18,19). The van der Waals surface area contributed by atoms with Crippen molar-refractivity contribution >= 4 is 0 Å². The second kappa shape index (κ2) is 4.79. The van der Waals surface area contributed by atoms with Crippen LogP contribution in [0.1, 0.15) is 5.56 Å². The second-order valence-electron chi connectivity index (χ2n) is 4.22. The molecule has 19 heavy (non-hydrogen) atoms. The number of rotatable bonds is 2. The summed E-state index contributed by atoms with van der Waals surface area (Å²) >= 11 is 0. The largest absolute Gasteiger partial charge is 0.277 e. The summed E-state index contributed by atoms with van der Waals surface area (Å²) < 4.78 is 0. The first-order chi connectivity index (χ1) is 9.38. The molecule has 0 aliphatic rings. The number of nitrogens with one attached hydrogen (secondary N) is 1. The molecular weight excluding hydrogens is 234 g/mol. The van der Waals surface area contributed by atoms with Crippen molar-refractivity contribution in [2.24, 2.45) is 0 Å². The average molecular weight is 245 g/mol. The Labute approximate surface area is 111 Å². The van der Waals surface area contributed by atoms with E-state index in [1.807, 2.05) is 48.5 Å². The number of aromatic nitrogens is 2. The minimum Gasteiger partial charge on any atom is -0.277 e. The summed E-state index contributed by atoms with van der Waals surface area (Å²) in [6.45, 7) is 0. The minimum atomic E-state index is 0.651. The van der Waals surface area contributed by atoms with Gasteiger partial charge in [-0.1, -0.05) is 42.5 Å². The topological polar surface area (TPSA) is 52.5 Å². The maximum absolute atomic E-state index is 8.97. The number of nitriles is 1. The summed E-state index contributed by atoms with van der Waals surface area (Å²) in [6.07, 6.45) is 1.79. The molecule has 3 heteroatoms. The lowest BCUT2D eigenvalue weighted by Crippen LogP contribution is -1.83. The molecule has 3 aromatic rings. The first kappa shape index (κ1) is 11.2. The van der Waals surface area contributed by atoms with E-state index < -0.39 is 0 Å². The van der Waals surface area contributed by atoms with Gasteiger partial charge in [-0.2, -0.15) is 10.4 Å². The molecule has 0 spiro atoms. The normalized spacial score (nSPS) is 10.1. The van der Waals surface area contributed by atoms with Crippen molar-refractivity contribution < 1.29 is 0 Å². The Morgan fingerprint density at radius 3 is 2.53 bits per heavy atom. The predicted octanol–water partition coefficient (Wildman–Crippen LogP) is 3.62. The summed E-state index contributed by atoms with van der Waals surface area (Å²) in [5, 5.41) is 16.1. The molecular formula is C16H11N3. The van der Waals surface area contributed by atoms with Gasteiger partial charge in [0.15, 0.2) is 0 Å². The van der Waals surface area contributed by atoms with Gasteiger partial charge in [0.1, 0.15) is 0 Å². The van der Waals surface area contributed by atoms with Crippen LogP contribution in [-0.2, 0) is 0 Å². The molecule has 1 aromatic heterocycles. The van der Waals surface area contributed by atoms with Gasteiger partial charge in [-0.05, 0) is 17.7 Å². The molecule has 3 rings (SSSR count). The molecule has 0 aliphatic carbocycles. The summed E-state index contributed by atoms with van der Waals surface area (Å²) in [7, 11) is 0. The third-order valence-corrected chi connectivity index (χ3v) is 3.00. The lowest BCUT2D eigenvalue weighted by atomic mass is 10.0. The van der Waals surface area contributed by atoms with E-state index in [1.165, 1.54) is 0 Å². The van der Waals surface area contributed by atoms with E-state index in [-0.39, 0.29) is 0 Å². The highest BCUT2D eigenvalue weighted by Gasteiger charge is 2.09. The monoisotopic (exact) mass is 245 g/mol. The van der Waals surface area contributed by atoms with Crippen LogP contribution in [0.2, 0.25) is 0 Å². The molecule has 0 amide bonds. The predicted molar refractivity (Wildman–Crippen MR) is 74.2 cm³/mol. The Morgan fingerprint density at radius 1 is 0.947 bits per heavy atom. The van der Waals surface area contributed by atoms with Crippen molar-refractivity contribution in [3.05, 3.63) is 66.4 Å². The van der Waals surface area contributed by atoms with Crippen LogP contribution in [0, 0.1) is 11.3 Å². The smallest absolute Gasteiger partial charge is 0.0991 e. The van der Waals surface area contributed by atoms with Gasteiger partial charge < -0.3 is 0 Å². The maximum Gasteiger partial charge on any atom is 0.0991 e. The van der Waals surface area contributed by atoms with Gasteiger partial charge in [-0.25, -0.2) is 0 Å². The molecule has 0 saturated heterocycles. The maximum atomic E-state index is 8.97. The molecule has 90 valence electrons. The molecule has 0 unspecified atom stereocenters. The van der Waals surface area contributed by atoms with E-state index in [0.717, 1.165) is 22.4 Å². The summed E-state index contributed by atoms with van der Waals surface area (Å²) in [5.41, 5.74) is 4.70. The Morgan fingerprint density at radius 2 is 1.74 bits per heavy atom. The Kier molecular flexibility index (Phi) is 2.83. The van der Waals surface area contributed by atoms with Crippen LogP contribution in [0.3, 0.4) is 0 Å². The van der Waals surface area contributed by atoms with Crippen molar-refractivity contribution in [1.29, 1.82) is 5.26 Å². The van der Waals surface area contributed by atoms with Crippen LogP contribution in [0.5, 0.6) is 0 Å². The third-order valence-electron chi connectivity index (χ3n) is 3.00. The van der Waals surface area contributed by atoms with Gasteiger partial charge in [0.25, 0.3) is 0 Å². The number of benzene rings is 2. The number of H-pyrrole nitrogens is 1. The SMILES string of the molecule is N#Cc1cccc(-c2cn[nH]c2-c2ccccc2)c1. The van der Waals surface area contributed by atoms with Crippen LogP contribution in [0.15, 0.2) is 60.8 Å². The molecule has 0 fully saturated rings. The van der Waals surface area contributed by atoms with Gasteiger partial charge in [0, 0.05) is 11.1 Å². The fourth-order valence-corrected chi connectivity index (χ4v) is 2.09. The van der Waals surface area contributed by atoms with Gasteiger partial charge in [-0.3, -0.25) is 5.10 Å². The van der Waals surface area contributed by atoms with Crippen LogP contribution < -0.4 is 0 Å². The molecule has 2 aromatic carbocycles.